The molecule has 6 nitrogen and oxygen atoms in total. The molecule has 0 amide bonds. The lowest BCUT2D eigenvalue weighted by Gasteiger charge is -2.09. The predicted molar refractivity (Wildman–Crippen MR) is 64.2 cm³/mol. The number of nitrogens with zero attached hydrogens (tertiary/aromatic N) is 4. The van der Waals surface area contributed by atoms with Crippen molar-refractivity contribution in [3.05, 3.63) is 36.0 Å². The molecule has 0 saturated carbocycles. The van der Waals surface area contributed by atoms with E-state index in [0.717, 1.165) is 18.7 Å². The highest BCUT2D eigenvalue weighted by Crippen LogP contribution is 2.13. The SMILES string of the molecule is CCCc1nccn1-c1nnccc1C(=N)N. The number of aryl methyl sites for hydroxylation is 1. The maximum atomic E-state index is 7.53. The number of nitrogens with two attached hydrogens (primary N) is 1. The van der Waals surface area contributed by atoms with E-state index < -0.39 is 0 Å². The second-order valence-electron chi connectivity index (χ2n) is 3.65. The van der Waals surface area contributed by atoms with Crippen LogP contribution in [0.5, 0.6) is 0 Å². The number of hydrogen-bond donors (Lipinski definition) is 2. The zero-order valence-electron chi connectivity index (χ0n) is 9.59. The van der Waals surface area contributed by atoms with Crippen LogP contribution < -0.4 is 5.73 Å². The van der Waals surface area contributed by atoms with Gasteiger partial charge in [-0.15, -0.1) is 5.10 Å². The average molecular weight is 230 g/mol. The molecule has 0 unspecified atom stereocenters. The molecule has 0 aliphatic heterocycles. The van der Waals surface area contributed by atoms with E-state index in [1.54, 1.807) is 18.5 Å². The van der Waals surface area contributed by atoms with E-state index in [2.05, 4.69) is 22.1 Å². The van der Waals surface area contributed by atoms with Gasteiger partial charge in [-0.1, -0.05) is 6.92 Å². The molecule has 0 aliphatic rings. The Bertz CT molecular complexity index is 530. The molecule has 0 atom stereocenters. The van der Waals surface area contributed by atoms with E-state index in [4.69, 9.17) is 11.1 Å². The second kappa shape index (κ2) is 4.73. The summed E-state index contributed by atoms with van der Waals surface area (Å²) in [5, 5.41) is 15.4. The first-order chi connectivity index (χ1) is 8.24. The summed E-state index contributed by atoms with van der Waals surface area (Å²) in [6, 6.07) is 1.68. The van der Waals surface area contributed by atoms with Crippen LogP contribution in [0, 0.1) is 5.41 Å². The van der Waals surface area contributed by atoms with Gasteiger partial charge in [0.15, 0.2) is 5.82 Å². The molecule has 2 aromatic rings. The third-order valence-corrected chi connectivity index (χ3v) is 2.41. The Labute approximate surface area is 99.0 Å². The first-order valence-electron chi connectivity index (χ1n) is 5.42. The fourth-order valence-corrected chi connectivity index (χ4v) is 1.65. The third-order valence-electron chi connectivity index (χ3n) is 2.41. The summed E-state index contributed by atoms with van der Waals surface area (Å²) in [5.41, 5.74) is 6.09. The van der Waals surface area contributed by atoms with Gasteiger partial charge in [0.1, 0.15) is 11.7 Å². The summed E-state index contributed by atoms with van der Waals surface area (Å²) in [5.74, 6) is 1.43. The number of nitrogens with one attached hydrogen (secondary N) is 1. The summed E-state index contributed by atoms with van der Waals surface area (Å²) in [6.45, 7) is 2.08. The van der Waals surface area contributed by atoms with Gasteiger partial charge < -0.3 is 5.73 Å². The van der Waals surface area contributed by atoms with Crippen LogP contribution in [0.4, 0.5) is 0 Å². The standard InChI is InChI=1S/C11H14N6/c1-2-3-9-14-6-7-17(9)11-8(10(12)13)4-5-15-16-11/h4-7H,2-3H2,1H3,(H3,12,13). The lowest BCUT2D eigenvalue weighted by Crippen LogP contribution is -2.17. The number of rotatable bonds is 4. The van der Waals surface area contributed by atoms with Crippen molar-refractivity contribution >= 4 is 5.84 Å². The van der Waals surface area contributed by atoms with Gasteiger partial charge in [0.2, 0.25) is 0 Å². The van der Waals surface area contributed by atoms with Gasteiger partial charge in [-0.2, -0.15) is 5.10 Å². The van der Waals surface area contributed by atoms with Gasteiger partial charge in [0.25, 0.3) is 0 Å². The molecule has 3 N–H and O–H groups in total. The maximum Gasteiger partial charge on any atom is 0.171 e. The van der Waals surface area contributed by atoms with Crippen LogP contribution in [0.25, 0.3) is 5.82 Å². The summed E-state index contributed by atoms with van der Waals surface area (Å²) in [6.07, 6.45) is 6.88. The Morgan fingerprint density at radius 1 is 1.47 bits per heavy atom. The van der Waals surface area contributed by atoms with Gasteiger partial charge in [0, 0.05) is 18.8 Å². The number of hydrogen-bond acceptors (Lipinski definition) is 4. The highest BCUT2D eigenvalue weighted by molar-refractivity contribution is 5.97. The molecule has 2 heterocycles. The monoisotopic (exact) mass is 230 g/mol. The quantitative estimate of drug-likeness (QED) is 0.602. The van der Waals surface area contributed by atoms with E-state index in [1.807, 2.05) is 4.57 Å². The van der Waals surface area contributed by atoms with Crippen LogP contribution in [0.3, 0.4) is 0 Å². The molecule has 0 spiro atoms. The zero-order chi connectivity index (χ0) is 12.3. The molecule has 6 heteroatoms. The van der Waals surface area contributed by atoms with Crippen molar-refractivity contribution < 1.29 is 0 Å². The van der Waals surface area contributed by atoms with E-state index in [0.29, 0.717) is 11.4 Å². The minimum atomic E-state index is -0.0222. The summed E-state index contributed by atoms with van der Waals surface area (Å²) >= 11 is 0. The lowest BCUT2D eigenvalue weighted by molar-refractivity contribution is 0.784. The van der Waals surface area contributed by atoms with Gasteiger partial charge in [-0.3, -0.25) is 9.98 Å². The molecule has 0 saturated heterocycles. The van der Waals surface area contributed by atoms with Crippen molar-refractivity contribution in [1.29, 1.82) is 5.41 Å². The molecular weight excluding hydrogens is 216 g/mol. The maximum absolute atomic E-state index is 7.53. The fraction of sp³-hybridized carbons (Fsp3) is 0.273. The molecule has 2 aromatic heterocycles. The largest absolute Gasteiger partial charge is 0.384 e. The minimum absolute atomic E-state index is 0.0222. The van der Waals surface area contributed by atoms with Crippen molar-refractivity contribution in [2.45, 2.75) is 19.8 Å². The van der Waals surface area contributed by atoms with Crippen molar-refractivity contribution in [3.8, 4) is 5.82 Å². The van der Waals surface area contributed by atoms with Gasteiger partial charge in [-0.05, 0) is 12.5 Å². The normalized spacial score (nSPS) is 10.4. The Hall–Kier alpha value is -2.24. The smallest absolute Gasteiger partial charge is 0.171 e. The predicted octanol–water partition coefficient (Wildman–Crippen LogP) is 0.899. The third kappa shape index (κ3) is 2.15. The van der Waals surface area contributed by atoms with Gasteiger partial charge in [-0.25, -0.2) is 4.98 Å². The van der Waals surface area contributed by atoms with Crippen LogP contribution >= 0.6 is 0 Å². The van der Waals surface area contributed by atoms with Crippen molar-refractivity contribution in [3.63, 3.8) is 0 Å². The van der Waals surface area contributed by atoms with Gasteiger partial charge >= 0.3 is 0 Å². The van der Waals surface area contributed by atoms with E-state index >= 15 is 0 Å². The summed E-state index contributed by atoms with van der Waals surface area (Å²) in [4.78, 5) is 4.27. The molecule has 0 fully saturated rings. The number of nitrogen functional groups attached to an aromatic ring is 1. The Kier molecular flexibility index (Phi) is 3.13. The first-order valence-corrected chi connectivity index (χ1v) is 5.42. The summed E-state index contributed by atoms with van der Waals surface area (Å²) < 4.78 is 1.83. The highest BCUT2D eigenvalue weighted by Gasteiger charge is 2.12. The van der Waals surface area contributed by atoms with E-state index in [-0.39, 0.29) is 5.84 Å². The van der Waals surface area contributed by atoms with Crippen LogP contribution in [-0.2, 0) is 6.42 Å². The van der Waals surface area contributed by atoms with E-state index in [1.165, 1.54) is 6.20 Å². The number of aromatic nitrogens is 4. The minimum Gasteiger partial charge on any atom is -0.384 e. The topological polar surface area (TPSA) is 93.5 Å². The molecular formula is C11H14N6. The fourth-order valence-electron chi connectivity index (χ4n) is 1.65. The van der Waals surface area contributed by atoms with Crippen LogP contribution in [0.2, 0.25) is 0 Å². The van der Waals surface area contributed by atoms with E-state index in [9.17, 15) is 0 Å². The Morgan fingerprint density at radius 3 is 3.00 bits per heavy atom. The second-order valence-corrected chi connectivity index (χ2v) is 3.65. The lowest BCUT2D eigenvalue weighted by atomic mass is 10.2. The number of amidine groups is 1. The van der Waals surface area contributed by atoms with Crippen LogP contribution in [0.1, 0.15) is 24.7 Å². The van der Waals surface area contributed by atoms with Gasteiger partial charge in [0.05, 0.1) is 11.8 Å². The molecule has 0 radical (unpaired) electrons. The zero-order valence-corrected chi connectivity index (χ0v) is 9.59. The Morgan fingerprint density at radius 2 is 2.29 bits per heavy atom. The Balaban J connectivity index is 2.52. The van der Waals surface area contributed by atoms with Crippen molar-refractivity contribution in [2.75, 3.05) is 0 Å². The highest BCUT2D eigenvalue weighted by atomic mass is 15.2. The molecule has 0 aromatic carbocycles. The molecule has 17 heavy (non-hydrogen) atoms. The summed E-state index contributed by atoms with van der Waals surface area (Å²) in [7, 11) is 0. The van der Waals surface area contributed by atoms with Crippen LogP contribution in [0.15, 0.2) is 24.7 Å². The van der Waals surface area contributed by atoms with Crippen LogP contribution in [-0.4, -0.2) is 25.6 Å². The van der Waals surface area contributed by atoms with Crippen molar-refractivity contribution in [1.82, 2.24) is 19.7 Å². The molecule has 0 bridgehead atoms. The molecule has 88 valence electrons. The average Bonchev–Trinajstić information content (AvgIpc) is 2.77. The molecule has 0 aliphatic carbocycles. The first kappa shape index (κ1) is 11.3. The molecule has 2 rings (SSSR count). The number of imidazole rings is 1. The van der Waals surface area contributed by atoms with Crippen molar-refractivity contribution in [2.24, 2.45) is 5.73 Å².